The molecule has 2 atom stereocenters. The molecule has 10 heteroatoms. The summed E-state index contributed by atoms with van der Waals surface area (Å²) >= 11 is 1.46. The van der Waals surface area contributed by atoms with Crippen molar-refractivity contribution in [3.63, 3.8) is 0 Å². The van der Waals surface area contributed by atoms with Crippen LogP contribution in [0.3, 0.4) is 0 Å². The summed E-state index contributed by atoms with van der Waals surface area (Å²) in [6.07, 6.45) is 2.29. The fourth-order valence-corrected chi connectivity index (χ4v) is 4.68. The number of benzene rings is 1. The quantitative estimate of drug-likeness (QED) is 0.710. The maximum atomic E-state index is 12.5. The first kappa shape index (κ1) is 17.4. The SMILES string of the molecule is Nc1nc2c(s1)[C@@H]1COC[C@H](C2)N1c1ncc(-c2cccc(OC(F)F)c2)o1. The molecule has 1 fully saturated rings. The number of nitrogens with zero attached hydrogens (tertiary/aromatic N) is 3. The Kier molecular flexibility index (Phi) is 4.17. The molecule has 7 nitrogen and oxygen atoms in total. The number of morpholine rings is 1. The van der Waals surface area contributed by atoms with Crippen LogP contribution in [0.2, 0.25) is 0 Å². The number of hydrogen-bond donors (Lipinski definition) is 1. The van der Waals surface area contributed by atoms with Crippen molar-refractivity contribution in [3.8, 4) is 17.1 Å². The van der Waals surface area contributed by atoms with Crippen molar-refractivity contribution in [1.29, 1.82) is 0 Å². The summed E-state index contributed by atoms with van der Waals surface area (Å²) in [6, 6.07) is 6.81. The minimum absolute atomic E-state index is 0.0488. The van der Waals surface area contributed by atoms with Crippen LogP contribution in [0, 0.1) is 0 Å². The molecule has 0 amide bonds. The number of halogens is 2. The minimum atomic E-state index is -2.88. The lowest BCUT2D eigenvalue weighted by atomic mass is 9.97. The first-order chi connectivity index (χ1) is 13.6. The van der Waals surface area contributed by atoms with Crippen LogP contribution in [-0.2, 0) is 11.2 Å². The third-order valence-corrected chi connectivity index (χ3v) is 5.88. The van der Waals surface area contributed by atoms with Crippen LogP contribution in [-0.4, -0.2) is 35.8 Å². The molecule has 0 aliphatic carbocycles. The number of nitrogens with two attached hydrogens (primary N) is 1. The number of hydrogen-bond acceptors (Lipinski definition) is 8. The van der Waals surface area contributed by atoms with Crippen molar-refractivity contribution in [1.82, 2.24) is 9.97 Å². The van der Waals surface area contributed by atoms with Gasteiger partial charge in [-0.05, 0) is 12.1 Å². The Bertz CT molecular complexity index is 1010. The van der Waals surface area contributed by atoms with Crippen LogP contribution < -0.4 is 15.4 Å². The van der Waals surface area contributed by atoms with E-state index in [0.717, 1.165) is 10.6 Å². The summed E-state index contributed by atoms with van der Waals surface area (Å²) in [5, 5.41) is 0.543. The van der Waals surface area contributed by atoms with Crippen molar-refractivity contribution in [3.05, 3.63) is 41.0 Å². The van der Waals surface area contributed by atoms with E-state index >= 15 is 0 Å². The molecule has 1 aromatic carbocycles. The van der Waals surface area contributed by atoms with Crippen LogP contribution in [0.5, 0.6) is 5.75 Å². The van der Waals surface area contributed by atoms with Gasteiger partial charge in [0.2, 0.25) is 0 Å². The third-order valence-electron chi connectivity index (χ3n) is 4.85. The summed E-state index contributed by atoms with van der Waals surface area (Å²) in [7, 11) is 0. The Morgan fingerprint density at radius 2 is 2.21 bits per heavy atom. The molecule has 28 heavy (non-hydrogen) atoms. The maximum absolute atomic E-state index is 12.5. The number of alkyl halides is 2. The van der Waals surface area contributed by atoms with Crippen molar-refractivity contribution in [2.75, 3.05) is 23.8 Å². The summed E-state index contributed by atoms with van der Waals surface area (Å²) in [5.74, 6) is 0.543. The molecule has 0 spiro atoms. The van der Waals surface area contributed by atoms with Gasteiger partial charge in [0, 0.05) is 12.0 Å². The molecule has 4 heterocycles. The fourth-order valence-electron chi connectivity index (χ4n) is 3.74. The zero-order valence-corrected chi connectivity index (χ0v) is 15.4. The van der Waals surface area contributed by atoms with Gasteiger partial charge in [-0.1, -0.05) is 23.5 Å². The molecule has 2 bridgehead atoms. The number of aromatic nitrogens is 2. The summed E-state index contributed by atoms with van der Waals surface area (Å²) in [6.45, 7) is -1.84. The zero-order valence-electron chi connectivity index (χ0n) is 14.5. The van der Waals surface area contributed by atoms with E-state index in [9.17, 15) is 8.78 Å². The topological polar surface area (TPSA) is 86.6 Å². The number of rotatable bonds is 4. The number of fused-ring (bicyclic) bond motifs is 4. The summed E-state index contributed by atoms with van der Waals surface area (Å²) < 4.78 is 41.1. The fraction of sp³-hybridized carbons (Fsp3) is 0.333. The summed E-state index contributed by atoms with van der Waals surface area (Å²) in [5.41, 5.74) is 7.52. The van der Waals surface area contributed by atoms with Crippen molar-refractivity contribution in [2.24, 2.45) is 0 Å². The average Bonchev–Trinajstić information content (AvgIpc) is 3.27. The highest BCUT2D eigenvalue weighted by molar-refractivity contribution is 7.15. The van der Waals surface area contributed by atoms with Crippen LogP contribution in [0.15, 0.2) is 34.9 Å². The van der Waals surface area contributed by atoms with Gasteiger partial charge in [0.05, 0.1) is 42.1 Å². The van der Waals surface area contributed by atoms with E-state index in [0.29, 0.717) is 42.1 Å². The van der Waals surface area contributed by atoms with Gasteiger partial charge in [-0.3, -0.25) is 0 Å². The molecule has 1 saturated heterocycles. The van der Waals surface area contributed by atoms with Gasteiger partial charge in [0.1, 0.15) is 5.75 Å². The van der Waals surface area contributed by atoms with E-state index < -0.39 is 6.61 Å². The van der Waals surface area contributed by atoms with Crippen LogP contribution in [0.4, 0.5) is 19.9 Å². The molecule has 5 rings (SSSR count). The standard InChI is InChI=1S/C18H16F2N4O3S/c19-16(20)26-11-3-1-2-9(4-11)14-6-22-18(27-14)24-10-5-12-15(28-17(21)23-12)13(24)8-25-7-10/h1-4,6,10,13,16H,5,7-8H2,(H2,21,23)/t10-,13-/m0/s1. The number of oxazole rings is 1. The molecular formula is C18H16F2N4O3S. The lowest BCUT2D eigenvalue weighted by Crippen LogP contribution is -2.51. The molecule has 0 radical (unpaired) electrons. The molecule has 146 valence electrons. The van der Waals surface area contributed by atoms with E-state index in [1.807, 2.05) is 0 Å². The number of nitrogen functional groups attached to an aromatic ring is 1. The van der Waals surface area contributed by atoms with E-state index in [1.54, 1.807) is 18.3 Å². The Morgan fingerprint density at radius 1 is 1.32 bits per heavy atom. The van der Waals surface area contributed by atoms with Crippen LogP contribution in [0.1, 0.15) is 16.6 Å². The van der Waals surface area contributed by atoms with Crippen molar-refractivity contribution >= 4 is 22.5 Å². The number of ether oxygens (including phenoxy) is 2. The van der Waals surface area contributed by atoms with Crippen molar-refractivity contribution < 1.29 is 22.7 Å². The van der Waals surface area contributed by atoms with Gasteiger partial charge in [0.15, 0.2) is 10.9 Å². The highest BCUT2D eigenvalue weighted by Crippen LogP contribution is 2.43. The zero-order chi connectivity index (χ0) is 19.3. The van der Waals surface area contributed by atoms with Gasteiger partial charge in [-0.15, -0.1) is 0 Å². The predicted molar refractivity (Wildman–Crippen MR) is 98.6 cm³/mol. The van der Waals surface area contributed by atoms with Crippen LogP contribution >= 0.6 is 11.3 Å². The molecule has 2 aliphatic rings. The Balaban J connectivity index is 1.47. The predicted octanol–water partition coefficient (Wildman–Crippen LogP) is 3.48. The number of anilines is 2. The molecule has 3 aromatic rings. The minimum Gasteiger partial charge on any atom is -0.435 e. The Labute approximate surface area is 162 Å². The highest BCUT2D eigenvalue weighted by Gasteiger charge is 2.42. The van der Waals surface area contributed by atoms with E-state index in [2.05, 4.69) is 19.6 Å². The second-order valence-corrected chi connectivity index (χ2v) is 7.66. The van der Waals surface area contributed by atoms with E-state index in [1.165, 1.54) is 23.5 Å². The van der Waals surface area contributed by atoms with Crippen molar-refractivity contribution in [2.45, 2.75) is 25.1 Å². The second-order valence-electron chi connectivity index (χ2n) is 6.59. The molecule has 2 aliphatic heterocycles. The maximum Gasteiger partial charge on any atom is 0.387 e. The lowest BCUT2D eigenvalue weighted by Gasteiger charge is -2.43. The largest absolute Gasteiger partial charge is 0.435 e. The Hall–Kier alpha value is -2.72. The van der Waals surface area contributed by atoms with E-state index in [4.69, 9.17) is 14.9 Å². The second kappa shape index (κ2) is 6.71. The first-order valence-electron chi connectivity index (χ1n) is 8.70. The van der Waals surface area contributed by atoms with Gasteiger partial charge in [-0.2, -0.15) is 8.78 Å². The lowest BCUT2D eigenvalue weighted by molar-refractivity contribution is -0.0498. The normalized spacial score (nSPS) is 21.0. The van der Waals surface area contributed by atoms with Gasteiger partial charge >= 0.3 is 6.61 Å². The number of thiazole rings is 1. The van der Waals surface area contributed by atoms with Gasteiger partial charge in [-0.25, -0.2) is 9.97 Å². The van der Waals surface area contributed by atoms with E-state index in [-0.39, 0.29) is 17.8 Å². The molecule has 2 aromatic heterocycles. The average molecular weight is 406 g/mol. The monoisotopic (exact) mass is 406 g/mol. The molecule has 0 unspecified atom stereocenters. The van der Waals surface area contributed by atoms with Gasteiger partial charge in [0.25, 0.3) is 6.01 Å². The molecular weight excluding hydrogens is 390 g/mol. The Morgan fingerprint density at radius 3 is 3.07 bits per heavy atom. The van der Waals surface area contributed by atoms with Gasteiger partial charge < -0.3 is 24.5 Å². The smallest absolute Gasteiger partial charge is 0.387 e. The molecule has 2 N–H and O–H groups in total. The highest BCUT2D eigenvalue weighted by atomic mass is 32.1. The molecule has 0 saturated carbocycles. The summed E-state index contributed by atoms with van der Waals surface area (Å²) in [4.78, 5) is 12.0. The first-order valence-corrected chi connectivity index (χ1v) is 9.52. The third kappa shape index (κ3) is 2.98. The van der Waals surface area contributed by atoms with Crippen LogP contribution in [0.25, 0.3) is 11.3 Å².